The summed E-state index contributed by atoms with van der Waals surface area (Å²) in [6.07, 6.45) is 1.64. The number of hydrogen-bond donors (Lipinski definition) is 0. The molecule has 0 unspecified atom stereocenters. The molecule has 0 fully saturated rings. The minimum atomic E-state index is -0.420. The van der Waals surface area contributed by atoms with Gasteiger partial charge >= 0.3 is 5.69 Å². The van der Waals surface area contributed by atoms with Gasteiger partial charge in [0.1, 0.15) is 5.65 Å². The number of nitrogens with zero attached hydrogens (tertiary/aromatic N) is 3. The second kappa shape index (κ2) is 8.06. The Labute approximate surface area is 169 Å². The first-order valence-electron chi connectivity index (χ1n) is 7.98. The molecule has 3 aromatic rings. The van der Waals surface area contributed by atoms with Crippen molar-refractivity contribution >= 4 is 46.0 Å². The molecule has 0 radical (unpaired) electrons. The Bertz CT molecular complexity index is 1140. The third kappa shape index (κ3) is 3.78. The molecule has 2 aromatic heterocycles. The van der Waals surface area contributed by atoms with Crippen molar-refractivity contribution in [1.29, 1.82) is 0 Å². The number of aryl methyl sites for hydroxylation is 1. The van der Waals surface area contributed by atoms with E-state index in [2.05, 4.69) is 4.98 Å². The fourth-order valence-electron chi connectivity index (χ4n) is 2.75. The molecule has 1 aromatic carbocycles. The van der Waals surface area contributed by atoms with E-state index in [0.717, 1.165) is 20.6 Å². The van der Waals surface area contributed by atoms with Gasteiger partial charge in [0, 0.05) is 53.7 Å². The lowest BCUT2D eigenvalue weighted by Crippen LogP contribution is -2.37. The van der Waals surface area contributed by atoms with Crippen molar-refractivity contribution in [3.8, 4) is 0 Å². The van der Waals surface area contributed by atoms with Gasteiger partial charge in [-0.1, -0.05) is 29.3 Å². The number of ether oxygens (including phenoxy) is 1. The molecule has 0 N–H and O–H groups in total. The first kappa shape index (κ1) is 19.9. The minimum absolute atomic E-state index is 0.297. The lowest BCUT2D eigenvalue weighted by Gasteiger charge is -2.14. The summed E-state index contributed by atoms with van der Waals surface area (Å²) >= 11 is 13.7. The van der Waals surface area contributed by atoms with Gasteiger partial charge in [0.15, 0.2) is 0 Å². The molecule has 2 heterocycles. The zero-order chi connectivity index (χ0) is 19.7. The van der Waals surface area contributed by atoms with Crippen LogP contribution in [0.4, 0.5) is 0 Å². The Balaban J connectivity index is 2.18. The Morgan fingerprint density at radius 2 is 1.89 bits per heavy atom. The highest BCUT2D eigenvalue weighted by atomic mass is 35.5. The number of fused-ring (bicyclic) bond motifs is 1. The zero-order valence-electron chi connectivity index (χ0n) is 15.0. The zero-order valence-corrected chi connectivity index (χ0v) is 17.3. The third-order valence-electron chi connectivity index (χ3n) is 4.18. The molecule has 0 bridgehead atoms. The van der Waals surface area contributed by atoms with Gasteiger partial charge in [0.25, 0.3) is 5.56 Å². The quantitative estimate of drug-likeness (QED) is 0.586. The second-order valence-electron chi connectivity index (χ2n) is 5.97. The van der Waals surface area contributed by atoms with E-state index >= 15 is 0 Å². The monoisotopic (exact) mass is 425 g/mol. The lowest BCUT2D eigenvalue weighted by atomic mass is 10.2. The topological polar surface area (TPSA) is 66.1 Å². The van der Waals surface area contributed by atoms with Crippen LogP contribution < -0.4 is 11.2 Å². The van der Waals surface area contributed by atoms with Crippen molar-refractivity contribution in [1.82, 2.24) is 14.1 Å². The fourth-order valence-corrected chi connectivity index (χ4v) is 4.48. The Kier molecular flexibility index (Phi) is 5.95. The van der Waals surface area contributed by atoms with Crippen molar-refractivity contribution in [2.45, 2.75) is 17.3 Å². The van der Waals surface area contributed by atoms with Crippen molar-refractivity contribution in [2.75, 3.05) is 7.11 Å². The van der Waals surface area contributed by atoms with Gasteiger partial charge in [0.05, 0.1) is 12.0 Å². The average molecular weight is 426 g/mol. The van der Waals surface area contributed by atoms with E-state index in [4.69, 9.17) is 27.9 Å². The van der Waals surface area contributed by atoms with Gasteiger partial charge in [-0.25, -0.2) is 9.78 Å². The van der Waals surface area contributed by atoms with Crippen LogP contribution in [-0.4, -0.2) is 21.2 Å². The fraction of sp³-hybridized carbons (Fsp3) is 0.278. The molecule has 9 heteroatoms. The molecule has 0 saturated carbocycles. The predicted molar refractivity (Wildman–Crippen MR) is 109 cm³/mol. The third-order valence-corrected chi connectivity index (χ3v) is 5.98. The highest BCUT2D eigenvalue weighted by Gasteiger charge is 2.18. The van der Waals surface area contributed by atoms with E-state index in [1.54, 1.807) is 32.5 Å². The summed E-state index contributed by atoms with van der Waals surface area (Å²) in [7, 11) is 4.63. The number of hydrogen-bond acceptors (Lipinski definition) is 5. The van der Waals surface area contributed by atoms with Gasteiger partial charge < -0.3 is 4.74 Å². The summed E-state index contributed by atoms with van der Waals surface area (Å²) in [6.45, 7) is 0.297. The van der Waals surface area contributed by atoms with E-state index in [9.17, 15) is 9.59 Å². The van der Waals surface area contributed by atoms with Gasteiger partial charge in [-0.2, -0.15) is 0 Å². The van der Waals surface area contributed by atoms with Crippen molar-refractivity contribution in [3.63, 3.8) is 0 Å². The van der Waals surface area contributed by atoms with Crippen LogP contribution in [0.3, 0.4) is 0 Å². The maximum Gasteiger partial charge on any atom is 0.332 e. The number of rotatable bonds is 5. The molecule has 0 saturated heterocycles. The van der Waals surface area contributed by atoms with Gasteiger partial charge in [-0.05, 0) is 17.7 Å². The number of aromatic nitrogens is 3. The smallest absolute Gasteiger partial charge is 0.332 e. The largest absolute Gasteiger partial charge is 0.380 e. The van der Waals surface area contributed by atoms with E-state index in [0.29, 0.717) is 33.4 Å². The number of pyridine rings is 1. The molecule has 6 nitrogen and oxygen atoms in total. The molecule has 0 aliphatic heterocycles. The van der Waals surface area contributed by atoms with E-state index in [1.807, 2.05) is 6.07 Å². The van der Waals surface area contributed by atoms with E-state index in [-0.39, 0.29) is 5.56 Å². The van der Waals surface area contributed by atoms with Crippen LogP contribution in [0.25, 0.3) is 11.0 Å². The molecule has 142 valence electrons. The number of thioether (sulfide) groups is 1. The number of methoxy groups -OCH3 is 1. The summed E-state index contributed by atoms with van der Waals surface area (Å²) in [5.74, 6) is 0.526. The van der Waals surface area contributed by atoms with Gasteiger partial charge in [0.2, 0.25) is 0 Å². The van der Waals surface area contributed by atoms with E-state index in [1.165, 1.54) is 23.4 Å². The maximum atomic E-state index is 12.8. The average Bonchev–Trinajstić information content (AvgIpc) is 2.64. The van der Waals surface area contributed by atoms with Crippen LogP contribution in [0.15, 0.2) is 38.9 Å². The molecule has 3 rings (SSSR count). The molecule has 27 heavy (non-hydrogen) atoms. The standard InChI is InChI=1S/C18H17Cl2N3O3S/c1-22-16-14(17(24)23(2)18(22)25)15(11(7-21-16)8-26-3)27-9-10-4-5-12(19)6-13(10)20/h4-7H,8-9H2,1-3H3. The van der Waals surface area contributed by atoms with Gasteiger partial charge in [-0.3, -0.25) is 13.9 Å². The van der Waals surface area contributed by atoms with Crippen molar-refractivity contribution < 1.29 is 4.74 Å². The molecule has 0 spiro atoms. The van der Waals surface area contributed by atoms with E-state index < -0.39 is 5.69 Å². The van der Waals surface area contributed by atoms with Crippen LogP contribution in [0, 0.1) is 0 Å². The molecule has 0 atom stereocenters. The Morgan fingerprint density at radius 3 is 2.56 bits per heavy atom. The highest BCUT2D eigenvalue weighted by Crippen LogP contribution is 2.33. The second-order valence-corrected chi connectivity index (χ2v) is 7.80. The summed E-state index contributed by atoms with van der Waals surface area (Å²) in [5.41, 5.74) is 1.20. The number of halogens is 2. The molecule has 0 aliphatic rings. The van der Waals surface area contributed by atoms with Crippen molar-refractivity contribution in [3.05, 3.63) is 66.4 Å². The van der Waals surface area contributed by atoms with Crippen LogP contribution in [0.5, 0.6) is 0 Å². The Morgan fingerprint density at radius 1 is 1.15 bits per heavy atom. The molecular weight excluding hydrogens is 409 g/mol. The highest BCUT2D eigenvalue weighted by molar-refractivity contribution is 7.98. The first-order valence-corrected chi connectivity index (χ1v) is 9.72. The molecule has 0 aliphatic carbocycles. The summed E-state index contributed by atoms with van der Waals surface area (Å²) < 4.78 is 7.71. The van der Waals surface area contributed by atoms with Gasteiger partial charge in [-0.15, -0.1) is 11.8 Å². The maximum absolute atomic E-state index is 12.8. The normalized spacial score (nSPS) is 11.3. The predicted octanol–water partition coefficient (Wildman–Crippen LogP) is 3.38. The Hall–Kier alpha value is -1.80. The molecule has 0 amide bonds. The number of benzene rings is 1. The summed E-state index contributed by atoms with van der Waals surface area (Å²) in [6, 6.07) is 5.31. The first-order chi connectivity index (χ1) is 12.8. The van der Waals surface area contributed by atoms with Crippen LogP contribution in [0.2, 0.25) is 10.0 Å². The van der Waals surface area contributed by atoms with Crippen LogP contribution >= 0.6 is 35.0 Å². The minimum Gasteiger partial charge on any atom is -0.380 e. The van der Waals surface area contributed by atoms with Crippen LogP contribution in [-0.2, 0) is 31.2 Å². The summed E-state index contributed by atoms with van der Waals surface area (Å²) in [4.78, 5) is 30.1. The van der Waals surface area contributed by atoms with Crippen molar-refractivity contribution in [2.24, 2.45) is 14.1 Å². The van der Waals surface area contributed by atoms with Crippen LogP contribution in [0.1, 0.15) is 11.1 Å². The molecular formula is C18H17Cl2N3O3S. The SMILES string of the molecule is COCc1cnc2c(c1SCc1ccc(Cl)cc1Cl)c(=O)n(C)c(=O)n2C. The summed E-state index contributed by atoms with van der Waals surface area (Å²) in [5, 5.41) is 1.51. The lowest BCUT2D eigenvalue weighted by molar-refractivity contribution is 0.183.